The third-order valence-electron chi connectivity index (χ3n) is 20.6. The molecule has 0 spiro atoms. The summed E-state index contributed by atoms with van der Waals surface area (Å²) >= 11 is 16.8. The third-order valence-corrected chi connectivity index (χ3v) is 33.5. The molecule has 0 radical (unpaired) electrons. The van der Waals surface area contributed by atoms with Crippen LogP contribution >= 0.6 is 34.4 Å². The molecule has 14 nitrogen and oxygen atoms in total. The van der Waals surface area contributed by atoms with Crippen molar-refractivity contribution in [2.45, 2.75) is 230 Å². The number of carbonyl (C=O) groups excluding carboxylic acids is 5. The van der Waals surface area contributed by atoms with Crippen LogP contribution in [0.3, 0.4) is 0 Å². The molecule has 0 bridgehead atoms. The monoisotopic (exact) mass is 1520 g/mol. The first kappa shape index (κ1) is 87.9. The molecule has 6 aromatic rings. The Morgan fingerprint density at radius 2 is 0.514 bits per heavy atom. The Kier molecular flexibility index (Phi) is 41.7. The van der Waals surface area contributed by atoms with Crippen LogP contribution in [0, 0.1) is 0 Å². The van der Waals surface area contributed by atoms with Gasteiger partial charge in [0.05, 0.1) is 0 Å². The number of nitrogens with one attached hydrogen (secondary N) is 2. The fourth-order valence-electron chi connectivity index (χ4n) is 14.8. The Morgan fingerprint density at radius 1 is 0.295 bits per heavy atom. The van der Waals surface area contributed by atoms with Crippen molar-refractivity contribution in [1.29, 1.82) is 0 Å². The third kappa shape index (κ3) is 37.1. The molecule has 0 aliphatic rings. The Balaban J connectivity index is 0.891. The summed E-state index contributed by atoms with van der Waals surface area (Å²) in [6.07, 6.45) is 33.1. The van der Waals surface area contributed by atoms with E-state index in [1.807, 2.05) is 0 Å². The SMILES string of the molecule is CC(=O)N(O)CCCCCNC(=O)CCC(=O)N(O)CCCCCNC(=O)CCC(=O)N(O)CCCCCN(CCCCCCCCCCP(Cl)(Cc1ccccc1)(Cc1ccccc1)Cc1ccccc1)CCCCCCCCCCP(Cl)(Cc1ccccc1)(Cc1ccccc1)Cc1ccccc1. The van der Waals surface area contributed by atoms with E-state index in [-0.39, 0.29) is 57.1 Å². The van der Waals surface area contributed by atoms with Crippen LogP contribution in [0.2, 0.25) is 0 Å². The molecule has 5 amide bonds. The molecule has 578 valence electrons. The zero-order valence-electron chi connectivity index (χ0n) is 63.5. The van der Waals surface area contributed by atoms with Gasteiger partial charge in [-0.25, -0.2) is 15.2 Å². The molecule has 105 heavy (non-hydrogen) atoms. The van der Waals surface area contributed by atoms with Gasteiger partial charge in [-0.05, 0) is 51.4 Å². The maximum atomic E-state index is 12.9. The number of halogens is 2. The van der Waals surface area contributed by atoms with Crippen molar-refractivity contribution >= 4 is 63.9 Å². The van der Waals surface area contributed by atoms with Crippen molar-refractivity contribution in [3.05, 3.63) is 215 Å². The molecule has 0 saturated heterocycles. The van der Waals surface area contributed by atoms with Gasteiger partial charge in [0.2, 0.25) is 29.5 Å². The Morgan fingerprint density at radius 3 is 0.781 bits per heavy atom. The van der Waals surface area contributed by atoms with Gasteiger partial charge >= 0.3 is 426 Å². The predicted octanol–water partition coefficient (Wildman–Crippen LogP) is 21.1. The van der Waals surface area contributed by atoms with Crippen LogP contribution in [-0.2, 0) is 60.9 Å². The minimum atomic E-state index is -2.83. The van der Waals surface area contributed by atoms with Gasteiger partial charge in [-0.15, -0.1) is 0 Å². The molecule has 0 heterocycles. The van der Waals surface area contributed by atoms with Crippen LogP contribution in [0.15, 0.2) is 182 Å². The van der Waals surface area contributed by atoms with Crippen LogP contribution in [0.25, 0.3) is 0 Å². The topological polar surface area (TPSA) is 183 Å². The van der Waals surface area contributed by atoms with Gasteiger partial charge in [-0.3, -0.25) is 39.6 Å². The molecule has 0 aliphatic carbocycles. The van der Waals surface area contributed by atoms with E-state index < -0.39 is 29.6 Å². The number of amides is 5. The summed E-state index contributed by atoms with van der Waals surface area (Å²) < 4.78 is 0. The number of hydroxylamine groups is 6. The van der Waals surface area contributed by atoms with E-state index in [2.05, 4.69) is 198 Å². The van der Waals surface area contributed by atoms with E-state index in [1.165, 1.54) is 130 Å². The van der Waals surface area contributed by atoms with Gasteiger partial charge < -0.3 is 10.6 Å². The van der Waals surface area contributed by atoms with Crippen molar-refractivity contribution in [2.24, 2.45) is 0 Å². The summed E-state index contributed by atoms with van der Waals surface area (Å²) in [7, 11) is 0. The fourth-order valence-corrected chi connectivity index (χ4v) is 28.4. The molecule has 0 atom stereocenters. The average Bonchev–Trinajstić information content (AvgIpc) is 0.766. The van der Waals surface area contributed by atoms with Crippen LogP contribution < -0.4 is 10.6 Å². The van der Waals surface area contributed by atoms with E-state index >= 15 is 0 Å². The molecule has 0 aliphatic heterocycles. The maximum absolute atomic E-state index is 12.9. The number of hydrogen-bond acceptors (Lipinski definition) is 9. The van der Waals surface area contributed by atoms with Crippen LogP contribution in [0.5, 0.6) is 0 Å². The molecule has 6 rings (SSSR count). The van der Waals surface area contributed by atoms with Crippen molar-refractivity contribution in [3.8, 4) is 0 Å². The molecular formula is C87H128Cl2N6O8P2. The summed E-state index contributed by atoms with van der Waals surface area (Å²) in [5.74, 6) is -7.68. The van der Waals surface area contributed by atoms with Crippen molar-refractivity contribution < 1.29 is 39.6 Å². The number of benzene rings is 6. The Bertz CT molecular complexity index is 2980. The van der Waals surface area contributed by atoms with Crippen LogP contribution in [0.4, 0.5) is 0 Å². The standard InChI is InChI=1S/C87H128Cl2N6O8P2/c1-77(96)93(101)66-40-20-35-61-90-84(97)57-59-86(99)94(102)67-41-21-36-62-91-85(98)58-60-87(100)95(103)68-42-22-39-65-92(63-37-10-6-2-4-8-12-43-69-104(88,71-78-45-23-14-24-46-78,72-79-47-25-15-26-48-79)73-80-49-27-16-28-50-80)64-38-11-7-3-5-9-13-44-70-105(89,74-81-51-29-17-30-52-81,75-82-53-31-18-32-54-82)76-83-55-33-19-34-56-83/h14-19,23-34,45-56,101-103H,2-13,20-22,35-44,57-76H2,1H3,(H,90,97)(H,91,98). The number of carbonyl (C=O) groups is 5. The van der Waals surface area contributed by atoms with Gasteiger partial charge in [0.15, 0.2) is 0 Å². The predicted molar refractivity (Wildman–Crippen MR) is 439 cm³/mol. The number of hydrogen-bond donors (Lipinski definition) is 5. The molecular weight excluding hydrogens is 1390 g/mol. The summed E-state index contributed by atoms with van der Waals surface area (Å²) in [5, 5.41) is 37.9. The number of nitrogens with zero attached hydrogens (tertiary/aromatic N) is 4. The fraction of sp³-hybridized carbons (Fsp3) is 0.529. The van der Waals surface area contributed by atoms with E-state index in [1.54, 1.807) is 0 Å². The van der Waals surface area contributed by atoms with Gasteiger partial charge in [0, 0.05) is 65.3 Å². The molecule has 0 fully saturated rings. The zero-order valence-corrected chi connectivity index (χ0v) is 66.8. The number of rotatable bonds is 58. The summed E-state index contributed by atoms with van der Waals surface area (Å²) in [6, 6.07) is 65.6. The van der Waals surface area contributed by atoms with Gasteiger partial charge in [-0.2, -0.15) is 0 Å². The van der Waals surface area contributed by atoms with E-state index in [9.17, 15) is 39.6 Å². The minimum absolute atomic E-state index is 0.0323. The first-order valence-corrected chi connectivity index (χ1v) is 47.5. The van der Waals surface area contributed by atoms with E-state index in [0.29, 0.717) is 68.2 Å². The first-order valence-electron chi connectivity index (χ1n) is 39.8. The van der Waals surface area contributed by atoms with Crippen LogP contribution in [-0.4, -0.2) is 130 Å². The molecule has 5 N–H and O–H groups in total. The summed E-state index contributed by atoms with van der Waals surface area (Å²) in [5.41, 5.74) is 8.03. The first-order chi connectivity index (χ1) is 50.9. The Labute approximate surface area is 640 Å². The van der Waals surface area contributed by atoms with Crippen molar-refractivity contribution in [1.82, 2.24) is 30.7 Å². The normalized spacial score (nSPS) is 12.4. The molecule has 0 unspecified atom stereocenters. The van der Waals surface area contributed by atoms with Gasteiger partial charge in [0.25, 0.3) is 0 Å². The average molecular weight is 1520 g/mol. The van der Waals surface area contributed by atoms with E-state index in [0.717, 1.165) is 99.7 Å². The van der Waals surface area contributed by atoms with Gasteiger partial charge in [0.1, 0.15) is 0 Å². The Hall–Kier alpha value is -6.05. The van der Waals surface area contributed by atoms with Crippen molar-refractivity contribution in [3.63, 3.8) is 0 Å². The quantitative estimate of drug-likeness (QED) is 0.0107. The molecule has 0 saturated carbocycles. The molecule has 0 aromatic heterocycles. The van der Waals surface area contributed by atoms with E-state index in [4.69, 9.17) is 22.5 Å². The summed E-state index contributed by atoms with van der Waals surface area (Å²) in [6.45, 7) is 5.78. The second-order valence-electron chi connectivity index (χ2n) is 30.0. The molecule has 6 aromatic carbocycles. The molecule has 18 heteroatoms. The summed E-state index contributed by atoms with van der Waals surface area (Å²) in [4.78, 5) is 63.8. The second-order valence-corrected chi connectivity index (χ2v) is 45.8. The van der Waals surface area contributed by atoms with Crippen LogP contribution in [0.1, 0.15) is 227 Å². The zero-order chi connectivity index (χ0) is 75.0. The van der Waals surface area contributed by atoms with Crippen molar-refractivity contribution in [2.75, 3.05) is 64.7 Å². The number of unbranched alkanes of at least 4 members (excludes halogenated alkanes) is 20. The second kappa shape index (κ2) is 49.8. The van der Waals surface area contributed by atoms with Gasteiger partial charge in [-0.1, -0.05) is 6.42 Å².